The molecule has 1 saturated carbocycles. The standard InChI is InChI=1S/C39H43N5O5.C9H17NO2/c1-39(2,3)49-38(47)44-19-7-10-33(44)37(46)43-32-21-27(14-18-30(32)41)36-34(35(36)26-13-17-29(40)31(20-26)42-23-45)25-11-15-28(16-12-25)48-22-24-8-5-4-6-9-24;1-9(2,3)12-8(11)10-6-4-5-7-10/h4-6,8-9,11-18,20-21,23,33-36H,7,10,19,22,40-41H2,1-3H3,(H,42,45)(H,43,46);4-7H2,1-3H3. The highest BCUT2D eigenvalue weighted by molar-refractivity contribution is 5.99. The predicted octanol–water partition coefficient (Wildman–Crippen LogP) is 9.02. The van der Waals surface area contributed by atoms with Crippen molar-refractivity contribution >= 4 is 47.3 Å². The molecule has 324 valence electrons. The molecule has 0 bridgehead atoms. The van der Waals surface area contributed by atoms with E-state index in [0.29, 0.717) is 55.2 Å². The fourth-order valence-electron chi connectivity index (χ4n) is 7.96. The number of nitrogens with one attached hydrogen (secondary N) is 2. The highest BCUT2D eigenvalue weighted by Crippen LogP contribution is 2.66. The number of benzene rings is 4. The number of ether oxygens (including phenoxy) is 3. The van der Waals surface area contributed by atoms with Crippen LogP contribution in [0.3, 0.4) is 0 Å². The van der Waals surface area contributed by atoms with Gasteiger partial charge >= 0.3 is 12.2 Å². The molecule has 4 aromatic rings. The maximum absolute atomic E-state index is 13.5. The van der Waals surface area contributed by atoms with Gasteiger partial charge in [0, 0.05) is 19.6 Å². The number of nitrogens with zero attached hydrogens (tertiary/aromatic N) is 2. The van der Waals surface area contributed by atoms with E-state index >= 15 is 0 Å². The Bertz CT molecular complexity index is 2160. The van der Waals surface area contributed by atoms with Crippen molar-refractivity contribution in [3.8, 4) is 5.75 Å². The first kappa shape index (κ1) is 44.3. The number of amides is 4. The molecule has 2 saturated heterocycles. The molecule has 4 amide bonds. The zero-order valence-electron chi connectivity index (χ0n) is 36.1. The van der Waals surface area contributed by atoms with Crippen LogP contribution in [0.2, 0.25) is 0 Å². The van der Waals surface area contributed by atoms with Gasteiger partial charge in [0.15, 0.2) is 0 Å². The lowest BCUT2D eigenvalue weighted by Gasteiger charge is -2.28. The molecule has 13 heteroatoms. The molecule has 1 aliphatic carbocycles. The Morgan fingerprint density at radius 3 is 1.82 bits per heavy atom. The summed E-state index contributed by atoms with van der Waals surface area (Å²) >= 11 is 0. The number of rotatable bonds is 10. The van der Waals surface area contributed by atoms with Gasteiger partial charge in [-0.05, 0) is 144 Å². The lowest BCUT2D eigenvalue weighted by molar-refractivity contribution is -0.120. The van der Waals surface area contributed by atoms with E-state index in [9.17, 15) is 19.2 Å². The van der Waals surface area contributed by atoms with Crippen LogP contribution >= 0.6 is 0 Å². The van der Waals surface area contributed by atoms with Crippen LogP contribution in [0.15, 0.2) is 91.0 Å². The van der Waals surface area contributed by atoms with Crippen LogP contribution in [-0.2, 0) is 25.7 Å². The summed E-state index contributed by atoms with van der Waals surface area (Å²) < 4.78 is 16.8. The SMILES string of the molecule is CC(C)(C)OC(=O)N1CCCC1.CC(C)(C)OC(=O)N1CCCC1C(=O)Nc1cc(C2C(c3ccc(OCc4ccccc4)cc3)C2c2ccc(N)c(NC=O)c2)ccc1N. The van der Waals surface area contributed by atoms with Crippen molar-refractivity contribution in [2.24, 2.45) is 0 Å². The molecule has 0 radical (unpaired) electrons. The van der Waals surface area contributed by atoms with Gasteiger partial charge in [0.25, 0.3) is 0 Å². The largest absolute Gasteiger partial charge is 0.489 e. The van der Waals surface area contributed by atoms with Gasteiger partial charge in [-0.2, -0.15) is 0 Å². The van der Waals surface area contributed by atoms with Crippen LogP contribution in [-0.4, -0.2) is 71.2 Å². The molecule has 7 rings (SSSR count). The average molecular weight is 833 g/mol. The summed E-state index contributed by atoms with van der Waals surface area (Å²) in [6.07, 6.45) is 3.42. The van der Waals surface area contributed by atoms with E-state index in [-0.39, 0.29) is 35.4 Å². The van der Waals surface area contributed by atoms with E-state index in [0.717, 1.165) is 53.9 Å². The van der Waals surface area contributed by atoms with Crippen molar-refractivity contribution in [2.75, 3.05) is 41.7 Å². The Hall–Kier alpha value is -6.24. The molecule has 0 aromatic heterocycles. The molecule has 6 N–H and O–H groups in total. The third-order valence-electron chi connectivity index (χ3n) is 10.9. The number of likely N-dealkylation sites (tertiary alicyclic amines) is 2. The van der Waals surface area contributed by atoms with Gasteiger partial charge in [0.1, 0.15) is 29.6 Å². The number of nitrogen functional groups attached to an aromatic ring is 2. The normalized spacial score (nSPS) is 19.6. The fourth-order valence-corrected chi connectivity index (χ4v) is 7.96. The van der Waals surface area contributed by atoms with Crippen LogP contribution in [0, 0.1) is 0 Å². The average Bonchev–Trinajstić information content (AvgIpc) is 3.51. The second kappa shape index (κ2) is 19.0. The molecule has 2 aliphatic heterocycles. The van der Waals surface area contributed by atoms with Crippen molar-refractivity contribution in [3.63, 3.8) is 0 Å². The summed E-state index contributed by atoms with van der Waals surface area (Å²) in [5.41, 5.74) is 17.7. The minimum Gasteiger partial charge on any atom is -0.489 e. The number of carbonyl (C=O) groups excluding carboxylic acids is 4. The third kappa shape index (κ3) is 11.7. The summed E-state index contributed by atoms with van der Waals surface area (Å²) in [5.74, 6) is 0.681. The molecule has 4 aromatic carbocycles. The highest BCUT2D eigenvalue weighted by atomic mass is 16.6. The van der Waals surface area contributed by atoms with Crippen LogP contribution in [0.25, 0.3) is 0 Å². The maximum atomic E-state index is 13.5. The Morgan fingerprint density at radius 2 is 1.23 bits per heavy atom. The summed E-state index contributed by atoms with van der Waals surface area (Å²) in [7, 11) is 0. The van der Waals surface area contributed by atoms with E-state index in [2.05, 4.69) is 22.8 Å². The van der Waals surface area contributed by atoms with E-state index < -0.39 is 17.7 Å². The third-order valence-corrected chi connectivity index (χ3v) is 10.9. The zero-order chi connectivity index (χ0) is 43.9. The second-order valence-corrected chi connectivity index (χ2v) is 17.9. The molecule has 4 unspecified atom stereocenters. The summed E-state index contributed by atoms with van der Waals surface area (Å²) in [5, 5.41) is 5.71. The van der Waals surface area contributed by atoms with Gasteiger partial charge in [-0.15, -0.1) is 0 Å². The van der Waals surface area contributed by atoms with Crippen molar-refractivity contribution in [2.45, 2.75) is 109 Å². The smallest absolute Gasteiger partial charge is 0.410 e. The van der Waals surface area contributed by atoms with E-state index in [1.54, 1.807) is 37.8 Å². The highest BCUT2D eigenvalue weighted by Gasteiger charge is 2.52. The van der Waals surface area contributed by atoms with Gasteiger partial charge < -0.3 is 41.2 Å². The van der Waals surface area contributed by atoms with Crippen molar-refractivity contribution in [3.05, 3.63) is 113 Å². The Kier molecular flexibility index (Phi) is 13.8. The molecule has 61 heavy (non-hydrogen) atoms. The van der Waals surface area contributed by atoms with Gasteiger partial charge in [0.05, 0.1) is 22.7 Å². The van der Waals surface area contributed by atoms with Gasteiger partial charge in [-0.1, -0.05) is 54.6 Å². The quantitative estimate of drug-likeness (QED) is 0.0897. The second-order valence-electron chi connectivity index (χ2n) is 17.9. The monoisotopic (exact) mass is 832 g/mol. The molecule has 4 atom stereocenters. The molecular weight excluding hydrogens is 773 g/mol. The minimum atomic E-state index is -0.666. The van der Waals surface area contributed by atoms with Crippen LogP contribution in [0.1, 0.15) is 107 Å². The Labute approximate surface area is 359 Å². The first-order valence-corrected chi connectivity index (χ1v) is 21.1. The Morgan fingerprint density at radius 1 is 0.689 bits per heavy atom. The summed E-state index contributed by atoms with van der Waals surface area (Å²) in [4.78, 5) is 52.3. The Balaban J connectivity index is 0.000000447. The number of nitrogens with two attached hydrogens (primary N) is 2. The number of hydrogen-bond donors (Lipinski definition) is 4. The van der Waals surface area contributed by atoms with Gasteiger partial charge in [-0.25, -0.2) is 9.59 Å². The van der Waals surface area contributed by atoms with Crippen LogP contribution < -0.4 is 26.8 Å². The van der Waals surface area contributed by atoms with Crippen molar-refractivity contribution in [1.29, 1.82) is 0 Å². The van der Waals surface area contributed by atoms with Crippen molar-refractivity contribution < 1.29 is 33.4 Å². The fraction of sp³-hybridized carbons (Fsp3) is 0.417. The molecule has 3 fully saturated rings. The lowest BCUT2D eigenvalue weighted by Crippen LogP contribution is -2.45. The number of anilines is 4. The van der Waals surface area contributed by atoms with E-state index in [1.807, 2.05) is 87.5 Å². The van der Waals surface area contributed by atoms with Crippen molar-refractivity contribution in [1.82, 2.24) is 9.80 Å². The topological polar surface area (TPSA) is 179 Å². The van der Waals surface area contributed by atoms with Gasteiger partial charge in [0.2, 0.25) is 12.3 Å². The number of hydrogen-bond acceptors (Lipinski definition) is 9. The molecule has 0 spiro atoms. The molecule has 3 aliphatic rings. The van der Waals surface area contributed by atoms with E-state index in [1.165, 1.54) is 4.90 Å². The molecule has 13 nitrogen and oxygen atoms in total. The van der Waals surface area contributed by atoms with Crippen LogP contribution in [0.5, 0.6) is 5.75 Å². The number of carbonyl (C=O) groups is 4. The molecular formula is C48H60N6O7. The van der Waals surface area contributed by atoms with E-state index in [4.69, 9.17) is 25.7 Å². The maximum Gasteiger partial charge on any atom is 0.410 e. The van der Waals surface area contributed by atoms with Crippen LogP contribution in [0.4, 0.5) is 32.3 Å². The lowest BCUT2D eigenvalue weighted by atomic mass is 10.0. The predicted molar refractivity (Wildman–Crippen MR) is 238 cm³/mol. The minimum absolute atomic E-state index is 0.0461. The summed E-state index contributed by atoms with van der Waals surface area (Å²) in [6.45, 7) is 13.7. The summed E-state index contributed by atoms with van der Waals surface area (Å²) in [6, 6.07) is 29.0. The first-order valence-electron chi connectivity index (χ1n) is 21.1. The zero-order valence-corrected chi connectivity index (χ0v) is 36.1. The first-order chi connectivity index (χ1) is 29.0. The molecule has 2 heterocycles. The van der Waals surface area contributed by atoms with Gasteiger partial charge in [-0.3, -0.25) is 14.5 Å².